The number of anilines is 1. The Morgan fingerprint density at radius 3 is 2.61 bits per heavy atom. The maximum atomic E-state index is 12.6. The van der Waals surface area contributed by atoms with Gasteiger partial charge >= 0.3 is 0 Å². The number of nitrogens with one attached hydrogen (secondary N) is 2. The second-order valence-corrected chi connectivity index (χ2v) is 9.38. The van der Waals surface area contributed by atoms with E-state index in [0.29, 0.717) is 18.1 Å². The summed E-state index contributed by atoms with van der Waals surface area (Å²) in [4.78, 5) is 13.3. The zero-order valence-corrected chi connectivity index (χ0v) is 20.4. The lowest BCUT2D eigenvalue weighted by atomic mass is 10.1. The number of hydrogen-bond acceptors (Lipinski definition) is 7. The number of hydrogen-bond donors (Lipinski definition) is 2. The fourth-order valence-corrected chi connectivity index (χ4v) is 4.10. The van der Waals surface area contributed by atoms with Gasteiger partial charge in [0.1, 0.15) is 10.8 Å². The molecule has 4 aromatic rings. The van der Waals surface area contributed by atoms with Crippen molar-refractivity contribution in [2.45, 2.75) is 27.7 Å². The number of aryl methyl sites for hydroxylation is 2. The van der Waals surface area contributed by atoms with Crippen LogP contribution in [0.4, 0.5) is 5.69 Å². The van der Waals surface area contributed by atoms with E-state index in [2.05, 4.69) is 39.8 Å². The number of thiocarbonyl (C=S) groups is 1. The van der Waals surface area contributed by atoms with E-state index in [4.69, 9.17) is 17.0 Å². The van der Waals surface area contributed by atoms with Crippen LogP contribution < -0.4 is 15.4 Å². The highest BCUT2D eigenvalue weighted by Crippen LogP contribution is 2.29. The largest absolute Gasteiger partial charge is 0.493 e. The van der Waals surface area contributed by atoms with Gasteiger partial charge < -0.3 is 10.1 Å². The van der Waals surface area contributed by atoms with Crippen molar-refractivity contribution < 1.29 is 9.53 Å². The summed E-state index contributed by atoms with van der Waals surface area (Å²) in [6.45, 7) is 8.62. The maximum Gasteiger partial charge on any atom is 0.257 e. The van der Waals surface area contributed by atoms with Crippen LogP contribution in [0.25, 0.3) is 15.5 Å². The molecule has 0 aliphatic rings. The Balaban J connectivity index is 1.42. The minimum atomic E-state index is -0.291. The molecular weight excluding hydrogens is 456 g/mol. The fraction of sp³-hybridized carbons (Fsp3) is 0.261. The van der Waals surface area contributed by atoms with Gasteiger partial charge in [-0.1, -0.05) is 37.3 Å². The van der Waals surface area contributed by atoms with Gasteiger partial charge in [-0.25, -0.2) is 0 Å². The Morgan fingerprint density at radius 2 is 1.91 bits per heavy atom. The van der Waals surface area contributed by atoms with Crippen molar-refractivity contribution in [2.75, 3.05) is 11.9 Å². The van der Waals surface area contributed by atoms with E-state index in [1.807, 2.05) is 32.0 Å². The predicted octanol–water partition coefficient (Wildman–Crippen LogP) is 4.63. The van der Waals surface area contributed by atoms with Gasteiger partial charge in [-0.3, -0.25) is 10.1 Å². The first-order chi connectivity index (χ1) is 15.8. The Kier molecular flexibility index (Phi) is 6.66. The van der Waals surface area contributed by atoms with Gasteiger partial charge in [0.05, 0.1) is 6.61 Å². The monoisotopic (exact) mass is 480 g/mol. The number of aromatic nitrogens is 4. The topological polar surface area (TPSA) is 93.4 Å². The molecule has 1 amide bonds. The molecule has 170 valence electrons. The number of benzene rings is 2. The molecule has 0 atom stereocenters. The third-order valence-electron chi connectivity index (χ3n) is 4.81. The van der Waals surface area contributed by atoms with Crippen LogP contribution in [0.2, 0.25) is 0 Å². The third kappa shape index (κ3) is 5.35. The number of nitrogens with zero attached hydrogens (tertiary/aromatic N) is 4. The van der Waals surface area contributed by atoms with Crippen LogP contribution in [0.3, 0.4) is 0 Å². The molecule has 0 radical (unpaired) electrons. The van der Waals surface area contributed by atoms with Crippen LogP contribution in [-0.2, 0) is 0 Å². The summed E-state index contributed by atoms with van der Waals surface area (Å²) in [5, 5.41) is 19.6. The van der Waals surface area contributed by atoms with Gasteiger partial charge in [0.25, 0.3) is 5.91 Å². The third-order valence-corrected chi connectivity index (χ3v) is 5.96. The first-order valence-electron chi connectivity index (χ1n) is 10.4. The van der Waals surface area contributed by atoms with Crippen LogP contribution in [-0.4, -0.2) is 37.4 Å². The van der Waals surface area contributed by atoms with Gasteiger partial charge in [-0.05, 0) is 67.9 Å². The maximum absolute atomic E-state index is 12.6. The van der Waals surface area contributed by atoms with E-state index >= 15 is 0 Å². The van der Waals surface area contributed by atoms with Crippen molar-refractivity contribution in [1.29, 1.82) is 0 Å². The van der Waals surface area contributed by atoms with E-state index in [0.717, 1.165) is 38.4 Å². The van der Waals surface area contributed by atoms with Crippen molar-refractivity contribution in [3.8, 4) is 16.3 Å². The first-order valence-corrected chi connectivity index (χ1v) is 11.7. The van der Waals surface area contributed by atoms with Crippen LogP contribution in [0, 0.1) is 19.8 Å². The Morgan fingerprint density at radius 1 is 1.15 bits per heavy atom. The fourth-order valence-electron chi connectivity index (χ4n) is 3.02. The van der Waals surface area contributed by atoms with E-state index in [1.165, 1.54) is 11.3 Å². The lowest BCUT2D eigenvalue weighted by molar-refractivity contribution is 0.0977. The highest BCUT2D eigenvalue weighted by atomic mass is 32.1. The van der Waals surface area contributed by atoms with Gasteiger partial charge in [0, 0.05) is 16.8 Å². The molecule has 2 aromatic carbocycles. The van der Waals surface area contributed by atoms with Crippen LogP contribution in [0.1, 0.15) is 35.6 Å². The first kappa shape index (κ1) is 22.8. The molecule has 2 heterocycles. The summed E-state index contributed by atoms with van der Waals surface area (Å²) in [5.41, 5.74) is 3.19. The van der Waals surface area contributed by atoms with Crippen molar-refractivity contribution in [2.24, 2.45) is 5.92 Å². The molecule has 0 aliphatic carbocycles. The molecule has 10 heteroatoms. The normalized spacial score (nSPS) is 11.1. The molecule has 4 rings (SSSR count). The Bertz CT molecular complexity index is 1310. The minimum absolute atomic E-state index is 0.217. The molecule has 2 N–H and O–H groups in total. The van der Waals surface area contributed by atoms with Crippen molar-refractivity contribution >= 4 is 45.2 Å². The van der Waals surface area contributed by atoms with Crippen molar-refractivity contribution in [3.05, 3.63) is 59.4 Å². The summed E-state index contributed by atoms with van der Waals surface area (Å²) in [6, 6.07) is 12.9. The highest BCUT2D eigenvalue weighted by Gasteiger charge is 2.13. The zero-order chi connectivity index (χ0) is 23.5. The Hall–Kier alpha value is -3.37. The van der Waals surface area contributed by atoms with E-state index in [-0.39, 0.29) is 11.0 Å². The molecule has 0 spiro atoms. The van der Waals surface area contributed by atoms with E-state index < -0.39 is 0 Å². The van der Waals surface area contributed by atoms with E-state index in [1.54, 1.807) is 28.8 Å². The number of carbonyl (C=O) groups excluding carboxylic acids is 1. The van der Waals surface area contributed by atoms with Gasteiger partial charge in [0.15, 0.2) is 10.9 Å². The predicted molar refractivity (Wildman–Crippen MR) is 134 cm³/mol. The molecule has 0 fully saturated rings. The average molecular weight is 481 g/mol. The molecule has 33 heavy (non-hydrogen) atoms. The van der Waals surface area contributed by atoms with Gasteiger partial charge in [-0.15, -0.1) is 10.2 Å². The van der Waals surface area contributed by atoms with Gasteiger partial charge in [-0.2, -0.15) is 9.61 Å². The van der Waals surface area contributed by atoms with Crippen LogP contribution in [0.5, 0.6) is 5.75 Å². The molecule has 0 saturated heterocycles. The summed E-state index contributed by atoms with van der Waals surface area (Å²) >= 11 is 6.84. The second kappa shape index (κ2) is 9.63. The standard InChI is InChI=1S/C23H24N6O2S2/c1-13(2)12-31-18-9-7-16(8-10-18)20(30)25-22(32)24-19-11-17(6-5-14(19)3)21-28-29-15(4)26-27-23(29)33-21/h5-11,13H,12H2,1-4H3,(H2,24,25,30,32). The average Bonchev–Trinajstić information content (AvgIpc) is 3.36. The van der Waals surface area contributed by atoms with Crippen molar-refractivity contribution in [1.82, 2.24) is 25.1 Å². The highest BCUT2D eigenvalue weighted by molar-refractivity contribution is 7.80. The second-order valence-electron chi connectivity index (χ2n) is 8.02. The SMILES string of the molecule is Cc1ccc(-c2nn3c(C)nnc3s2)cc1NC(=S)NC(=O)c1ccc(OCC(C)C)cc1. The number of ether oxygens (including phenoxy) is 1. The molecular formula is C23H24N6O2S2. The quantitative estimate of drug-likeness (QED) is 0.389. The summed E-state index contributed by atoms with van der Waals surface area (Å²) in [7, 11) is 0. The van der Waals surface area contributed by atoms with Crippen LogP contribution in [0.15, 0.2) is 42.5 Å². The molecule has 0 unspecified atom stereocenters. The summed E-state index contributed by atoms with van der Waals surface area (Å²) < 4.78 is 7.38. The molecule has 8 nitrogen and oxygen atoms in total. The molecule has 0 saturated carbocycles. The minimum Gasteiger partial charge on any atom is -0.493 e. The summed E-state index contributed by atoms with van der Waals surface area (Å²) in [5.74, 6) is 1.61. The lowest BCUT2D eigenvalue weighted by Gasteiger charge is -2.13. The smallest absolute Gasteiger partial charge is 0.257 e. The number of fused-ring (bicyclic) bond motifs is 1. The molecule has 0 aliphatic heterocycles. The number of carbonyl (C=O) groups is 1. The van der Waals surface area contributed by atoms with Crippen LogP contribution >= 0.6 is 23.6 Å². The summed E-state index contributed by atoms with van der Waals surface area (Å²) in [6.07, 6.45) is 0. The Labute approximate surface area is 201 Å². The molecule has 0 bridgehead atoms. The number of rotatable bonds is 6. The van der Waals surface area contributed by atoms with Gasteiger partial charge in [0.2, 0.25) is 4.96 Å². The molecule has 2 aromatic heterocycles. The number of amides is 1. The van der Waals surface area contributed by atoms with E-state index in [9.17, 15) is 4.79 Å². The zero-order valence-electron chi connectivity index (χ0n) is 18.7. The van der Waals surface area contributed by atoms with Crippen molar-refractivity contribution in [3.63, 3.8) is 0 Å². The lowest BCUT2D eigenvalue weighted by Crippen LogP contribution is -2.34.